The van der Waals surface area contributed by atoms with E-state index in [0.29, 0.717) is 24.1 Å². The summed E-state index contributed by atoms with van der Waals surface area (Å²) in [6.07, 6.45) is 7.30. The number of hydrogen-bond donors (Lipinski definition) is 1. The third kappa shape index (κ3) is 5.56. The van der Waals surface area contributed by atoms with Gasteiger partial charge in [0.2, 0.25) is 0 Å². The highest BCUT2D eigenvalue weighted by atomic mass is 32.2. The molecule has 2 nitrogen and oxygen atoms in total. The zero-order valence-corrected chi connectivity index (χ0v) is 11.1. The third-order valence-electron chi connectivity index (χ3n) is 2.37. The van der Waals surface area contributed by atoms with E-state index in [1.807, 2.05) is 0 Å². The molecule has 100 valence electrons. The maximum Gasteiger partial charge on any atom is 0.284 e. The molecule has 1 heterocycles. The molecule has 1 unspecified atom stereocenters. The average molecular weight is 273 g/mol. The van der Waals surface area contributed by atoms with Crippen molar-refractivity contribution in [3.63, 3.8) is 0 Å². The van der Waals surface area contributed by atoms with Gasteiger partial charge in [-0.25, -0.2) is 0 Å². The van der Waals surface area contributed by atoms with Gasteiger partial charge in [-0.15, -0.1) is 6.42 Å². The van der Waals surface area contributed by atoms with Crippen molar-refractivity contribution < 1.29 is 13.2 Å². The lowest BCUT2D eigenvalue weighted by atomic mass is 10.2. The molecule has 0 aliphatic carbocycles. The summed E-state index contributed by atoms with van der Waals surface area (Å²) < 4.78 is 29.4. The number of nitrogens with one attached hydrogen (secondary N) is 1. The third-order valence-corrected chi connectivity index (χ3v) is 3.07. The molecule has 0 aliphatic rings. The Morgan fingerprint density at radius 3 is 2.78 bits per heavy atom. The molecule has 0 amide bonds. The van der Waals surface area contributed by atoms with Crippen molar-refractivity contribution in [1.82, 2.24) is 5.32 Å². The SMILES string of the molecule is C#CC(CCC)NCc1ccc(CSC(F)F)o1. The maximum atomic E-state index is 12.0. The number of thioether (sulfide) groups is 1. The van der Waals surface area contributed by atoms with Gasteiger partial charge in [0.1, 0.15) is 11.5 Å². The molecule has 0 fully saturated rings. The summed E-state index contributed by atoms with van der Waals surface area (Å²) in [6.45, 7) is 2.59. The molecule has 0 saturated carbocycles. The van der Waals surface area contributed by atoms with Crippen LogP contribution in [0.4, 0.5) is 8.78 Å². The Balaban J connectivity index is 2.37. The molecule has 0 spiro atoms. The Kier molecular flexibility index (Phi) is 6.84. The first-order valence-electron chi connectivity index (χ1n) is 5.82. The number of rotatable bonds is 8. The van der Waals surface area contributed by atoms with E-state index in [9.17, 15) is 8.78 Å². The predicted molar refractivity (Wildman–Crippen MR) is 70.4 cm³/mol. The first kappa shape index (κ1) is 15.1. The zero-order chi connectivity index (χ0) is 13.4. The second-order valence-electron chi connectivity index (χ2n) is 3.83. The fraction of sp³-hybridized carbons (Fsp3) is 0.538. The lowest BCUT2D eigenvalue weighted by Gasteiger charge is -2.10. The Morgan fingerprint density at radius 1 is 1.44 bits per heavy atom. The van der Waals surface area contributed by atoms with Gasteiger partial charge in [0, 0.05) is 0 Å². The average Bonchev–Trinajstić information content (AvgIpc) is 2.80. The van der Waals surface area contributed by atoms with Gasteiger partial charge in [0.15, 0.2) is 0 Å². The van der Waals surface area contributed by atoms with Crippen molar-refractivity contribution in [1.29, 1.82) is 0 Å². The van der Waals surface area contributed by atoms with E-state index >= 15 is 0 Å². The van der Waals surface area contributed by atoms with Gasteiger partial charge in [0.05, 0.1) is 18.3 Å². The van der Waals surface area contributed by atoms with Gasteiger partial charge in [0.25, 0.3) is 5.76 Å². The second kappa shape index (κ2) is 8.17. The van der Waals surface area contributed by atoms with E-state index in [-0.39, 0.29) is 11.8 Å². The van der Waals surface area contributed by atoms with Gasteiger partial charge in [-0.1, -0.05) is 31.0 Å². The van der Waals surface area contributed by atoms with E-state index in [1.165, 1.54) is 0 Å². The van der Waals surface area contributed by atoms with Crippen molar-refractivity contribution in [3.05, 3.63) is 23.7 Å². The Morgan fingerprint density at radius 2 is 2.17 bits per heavy atom. The fourth-order valence-electron chi connectivity index (χ4n) is 1.50. The van der Waals surface area contributed by atoms with Crippen LogP contribution >= 0.6 is 11.8 Å². The summed E-state index contributed by atoms with van der Waals surface area (Å²) >= 11 is 0.555. The van der Waals surface area contributed by atoms with Crippen LogP contribution < -0.4 is 5.32 Å². The fourth-order valence-corrected chi connectivity index (χ4v) is 1.94. The number of terminal acetylenes is 1. The van der Waals surface area contributed by atoms with Crippen LogP contribution in [0.1, 0.15) is 31.3 Å². The highest BCUT2D eigenvalue weighted by molar-refractivity contribution is 7.98. The molecule has 0 radical (unpaired) electrons. The van der Waals surface area contributed by atoms with Gasteiger partial charge in [-0.3, -0.25) is 5.32 Å². The van der Waals surface area contributed by atoms with Crippen LogP contribution in [0.25, 0.3) is 0 Å². The molecule has 1 rings (SSSR count). The normalized spacial score (nSPS) is 12.6. The van der Waals surface area contributed by atoms with Gasteiger partial charge in [-0.2, -0.15) is 8.78 Å². The highest BCUT2D eigenvalue weighted by Crippen LogP contribution is 2.21. The number of furan rings is 1. The molecule has 5 heteroatoms. The Hall–Kier alpha value is -0.990. The molecular formula is C13H17F2NOS. The molecular weight excluding hydrogens is 256 g/mol. The molecule has 0 saturated heterocycles. The van der Waals surface area contributed by atoms with Crippen molar-refractivity contribution in [2.24, 2.45) is 0 Å². The van der Waals surface area contributed by atoms with E-state index in [0.717, 1.165) is 18.6 Å². The monoisotopic (exact) mass is 273 g/mol. The Labute approximate surface area is 111 Å². The van der Waals surface area contributed by atoms with Crippen molar-refractivity contribution in [2.45, 2.75) is 43.9 Å². The van der Waals surface area contributed by atoms with E-state index in [1.54, 1.807) is 12.1 Å². The predicted octanol–water partition coefficient (Wildman–Crippen LogP) is 3.63. The topological polar surface area (TPSA) is 25.2 Å². The summed E-state index contributed by atoms with van der Waals surface area (Å²) in [5.41, 5.74) is 0. The summed E-state index contributed by atoms with van der Waals surface area (Å²) in [4.78, 5) is 0. The molecule has 0 aliphatic heterocycles. The van der Waals surface area contributed by atoms with Crippen molar-refractivity contribution >= 4 is 11.8 Å². The summed E-state index contributed by atoms with van der Waals surface area (Å²) in [5.74, 6) is 1.76. The zero-order valence-electron chi connectivity index (χ0n) is 10.3. The largest absolute Gasteiger partial charge is 0.464 e. The minimum Gasteiger partial charge on any atom is -0.464 e. The van der Waals surface area contributed by atoms with E-state index in [4.69, 9.17) is 10.8 Å². The lowest BCUT2D eigenvalue weighted by molar-refractivity contribution is 0.251. The van der Waals surface area contributed by atoms with Crippen LogP contribution in [-0.4, -0.2) is 11.8 Å². The van der Waals surface area contributed by atoms with Gasteiger partial charge in [-0.05, 0) is 18.6 Å². The standard InChI is InChI=1S/C13H17F2NOS/c1-3-5-10(4-2)16-8-11-6-7-12(17-11)9-18-13(14)15/h2,6-7,10,13,16H,3,5,8-9H2,1H3. The maximum absolute atomic E-state index is 12.0. The molecule has 0 aromatic carbocycles. The molecule has 1 aromatic rings. The van der Waals surface area contributed by atoms with E-state index in [2.05, 4.69) is 18.2 Å². The first-order valence-corrected chi connectivity index (χ1v) is 6.87. The molecule has 18 heavy (non-hydrogen) atoms. The van der Waals surface area contributed by atoms with Crippen molar-refractivity contribution in [3.8, 4) is 12.3 Å². The van der Waals surface area contributed by atoms with Crippen LogP contribution in [0.5, 0.6) is 0 Å². The molecule has 1 N–H and O–H groups in total. The first-order chi connectivity index (χ1) is 8.65. The van der Waals surface area contributed by atoms with Crippen LogP contribution in [0.15, 0.2) is 16.5 Å². The highest BCUT2D eigenvalue weighted by Gasteiger charge is 2.08. The van der Waals surface area contributed by atoms with Crippen LogP contribution in [0.2, 0.25) is 0 Å². The number of alkyl halides is 2. The quantitative estimate of drug-likeness (QED) is 0.732. The minimum absolute atomic E-state index is 0.0268. The summed E-state index contributed by atoms with van der Waals surface area (Å²) in [5, 5.41) is 3.18. The molecule has 1 atom stereocenters. The number of hydrogen-bond acceptors (Lipinski definition) is 3. The molecule has 0 bridgehead atoms. The van der Waals surface area contributed by atoms with Crippen LogP contribution in [-0.2, 0) is 12.3 Å². The smallest absolute Gasteiger partial charge is 0.284 e. The lowest BCUT2D eigenvalue weighted by Crippen LogP contribution is -2.26. The minimum atomic E-state index is -2.37. The summed E-state index contributed by atoms with van der Waals surface area (Å²) in [7, 11) is 0. The number of halogens is 2. The molecule has 1 aromatic heterocycles. The Bertz CT molecular complexity index is 387. The van der Waals surface area contributed by atoms with Crippen molar-refractivity contribution in [2.75, 3.05) is 0 Å². The van der Waals surface area contributed by atoms with Crippen LogP contribution in [0.3, 0.4) is 0 Å². The second-order valence-corrected chi connectivity index (χ2v) is 4.81. The van der Waals surface area contributed by atoms with Crippen LogP contribution in [0, 0.1) is 12.3 Å². The van der Waals surface area contributed by atoms with Gasteiger partial charge < -0.3 is 4.42 Å². The van der Waals surface area contributed by atoms with E-state index < -0.39 is 5.76 Å². The van der Waals surface area contributed by atoms with Gasteiger partial charge >= 0.3 is 0 Å². The summed E-state index contributed by atoms with van der Waals surface area (Å²) in [6, 6.07) is 3.53.